The van der Waals surface area contributed by atoms with Crippen LogP contribution < -0.4 is 0 Å². The second-order valence-electron chi connectivity index (χ2n) is 4.14. The molecule has 1 aromatic carbocycles. The Kier molecular flexibility index (Phi) is 3.47. The van der Waals surface area contributed by atoms with Crippen molar-refractivity contribution in [2.45, 2.75) is 12.2 Å². The molecule has 1 saturated heterocycles. The van der Waals surface area contributed by atoms with Crippen LogP contribution in [0.3, 0.4) is 0 Å². The number of rotatable bonds is 1. The molecule has 0 bridgehead atoms. The zero-order valence-corrected chi connectivity index (χ0v) is 10.4. The molecule has 1 amide bonds. The maximum Gasteiger partial charge on any atom is 0.254 e. The first-order valence-corrected chi connectivity index (χ1v) is 6.55. The molecule has 1 atom stereocenters. The molecule has 0 radical (unpaired) electrons. The fourth-order valence-electron chi connectivity index (χ4n) is 1.84. The van der Waals surface area contributed by atoms with Crippen LogP contribution in [-0.4, -0.2) is 45.1 Å². The Morgan fingerprint density at radius 2 is 2.18 bits per heavy atom. The van der Waals surface area contributed by atoms with Crippen molar-refractivity contribution in [3.63, 3.8) is 0 Å². The molecule has 1 aliphatic heterocycles. The highest BCUT2D eigenvalue weighted by Crippen LogP contribution is 2.26. The van der Waals surface area contributed by atoms with Gasteiger partial charge in [-0.15, -0.1) is 0 Å². The monoisotopic (exact) mass is 253 g/mol. The Hall–Kier alpha value is -1.36. The Bertz CT molecular complexity index is 436. The zero-order chi connectivity index (χ0) is 12.4. The lowest BCUT2D eigenvalue weighted by Gasteiger charge is -2.30. The summed E-state index contributed by atoms with van der Waals surface area (Å²) in [6, 6.07) is 4.18. The van der Waals surface area contributed by atoms with Crippen LogP contribution in [0.2, 0.25) is 0 Å². The molecule has 2 N–H and O–H groups in total. The summed E-state index contributed by atoms with van der Waals surface area (Å²) in [4.78, 5) is 13.9. The van der Waals surface area contributed by atoms with Crippen molar-refractivity contribution in [2.75, 3.05) is 18.8 Å². The maximum atomic E-state index is 12.1. The third-order valence-electron chi connectivity index (χ3n) is 2.75. The Morgan fingerprint density at radius 3 is 2.82 bits per heavy atom. The van der Waals surface area contributed by atoms with E-state index in [1.54, 1.807) is 4.90 Å². The third kappa shape index (κ3) is 2.66. The van der Waals surface area contributed by atoms with Gasteiger partial charge in [0, 0.05) is 29.7 Å². The van der Waals surface area contributed by atoms with Crippen molar-refractivity contribution in [3.05, 3.63) is 23.8 Å². The number of hydrogen-bond donors (Lipinski definition) is 2. The van der Waals surface area contributed by atoms with E-state index in [1.807, 2.05) is 11.8 Å². The number of amides is 1. The molecule has 2 rings (SSSR count). The largest absolute Gasteiger partial charge is 0.504 e. The summed E-state index contributed by atoms with van der Waals surface area (Å²) in [7, 11) is 0. The number of aromatic hydroxyl groups is 2. The lowest BCUT2D eigenvalue weighted by atomic mass is 10.1. The van der Waals surface area contributed by atoms with Crippen LogP contribution in [-0.2, 0) is 0 Å². The highest BCUT2D eigenvalue weighted by atomic mass is 32.2. The van der Waals surface area contributed by atoms with E-state index in [0.717, 1.165) is 18.8 Å². The van der Waals surface area contributed by atoms with Gasteiger partial charge in [-0.05, 0) is 18.2 Å². The number of phenols is 2. The van der Waals surface area contributed by atoms with Gasteiger partial charge in [-0.2, -0.15) is 11.8 Å². The van der Waals surface area contributed by atoms with E-state index in [0.29, 0.717) is 10.8 Å². The summed E-state index contributed by atoms with van der Waals surface area (Å²) >= 11 is 1.86. The van der Waals surface area contributed by atoms with Gasteiger partial charge in [0.05, 0.1) is 0 Å². The van der Waals surface area contributed by atoms with Crippen LogP contribution in [0, 0.1) is 0 Å². The number of hydrogen-bond acceptors (Lipinski definition) is 4. The van der Waals surface area contributed by atoms with E-state index in [4.69, 9.17) is 0 Å². The van der Waals surface area contributed by atoms with E-state index >= 15 is 0 Å². The minimum Gasteiger partial charge on any atom is -0.504 e. The molecule has 5 heteroatoms. The van der Waals surface area contributed by atoms with E-state index in [9.17, 15) is 15.0 Å². The lowest BCUT2D eigenvalue weighted by molar-refractivity contribution is 0.0762. The van der Waals surface area contributed by atoms with Crippen molar-refractivity contribution in [1.29, 1.82) is 0 Å². The van der Waals surface area contributed by atoms with Crippen molar-refractivity contribution < 1.29 is 15.0 Å². The molecule has 17 heavy (non-hydrogen) atoms. The summed E-state index contributed by atoms with van der Waals surface area (Å²) in [5.74, 6) is 0.392. The Labute approximate surface area is 104 Å². The maximum absolute atomic E-state index is 12.1. The topological polar surface area (TPSA) is 60.8 Å². The van der Waals surface area contributed by atoms with Gasteiger partial charge in [-0.1, -0.05) is 6.92 Å². The highest BCUT2D eigenvalue weighted by molar-refractivity contribution is 7.99. The van der Waals surface area contributed by atoms with Crippen molar-refractivity contribution in [2.24, 2.45) is 0 Å². The van der Waals surface area contributed by atoms with Gasteiger partial charge in [0.2, 0.25) is 0 Å². The molecular weight excluding hydrogens is 238 g/mol. The Balaban J connectivity index is 2.15. The molecule has 1 aromatic rings. The molecule has 0 aromatic heterocycles. The molecule has 0 saturated carbocycles. The van der Waals surface area contributed by atoms with Gasteiger partial charge in [0.1, 0.15) is 0 Å². The molecule has 1 aliphatic rings. The number of carbonyl (C=O) groups is 1. The number of phenolic OH excluding ortho intramolecular Hbond substituents is 2. The average Bonchev–Trinajstić information content (AvgIpc) is 2.32. The minimum absolute atomic E-state index is 0.0903. The molecule has 0 aliphatic carbocycles. The third-order valence-corrected chi connectivity index (χ3v) is 3.89. The van der Waals surface area contributed by atoms with Crippen LogP contribution >= 0.6 is 11.8 Å². The fraction of sp³-hybridized carbons (Fsp3) is 0.417. The molecule has 1 fully saturated rings. The Morgan fingerprint density at radius 1 is 1.41 bits per heavy atom. The number of benzene rings is 1. The molecular formula is C12H15NO3S. The first-order chi connectivity index (χ1) is 8.08. The van der Waals surface area contributed by atoms with E-state index < -0.39 is 0 Å². The van der Waals surface area contributed by atoms with Crippen molar-refractivity contribution in [3.8, 4) is 11.5 Å². The first-order valence-electron chi connectivity index (χ1n) is 5.51. The predicted octanol–water partition coefficient (Wildman–Crippen LogP) is 1.68. The van der Waals surface area contributed by atoms with Gasteiger partial charge in [-0.25, -0.2) is 0 Å². The van der Waals surface area contributed by atoms with Gasteiger partial charge in [0.25, 0.3) is 5.91 Å². The lowest BCUT2D eigenvalue weighted by Crippen LogP contribution is -2.40. The van der Waals surface area contributed by atoms with Gasteiger partial charge >= 0.3 is 0 Å². The summed E-state index contributed by atoms with van der Waals surface area (Å²) in [6.07, 6.45) is 0. The van der Waals surface area contributed by atoms with Crippen LogP contribution in [0.15, 0.2) is 18.2 Å². The smallest absolute Gasteiger partial charge is 0.254 e. The van der Waals surface area contributed by atoms with Crippen molar-refractivity contribution in [1.82, 2.24) is 4.90 Å². The summed E-state index contributed by atoms with van der Waals surface area (Å²) in [5.41, 5.74) is 0.416. The van der Waals surface area contributed by atoms with Gasteiger partial charge in [0.15, 0.2) is 11.5 Å². The SMILES string of the molecule is CC1CN(C(=O)c2ccc(O)c(O)c2)CCS1. The van der Waals surface area contributed by atoms with Gasteiger partial charge < -0.3 is 15.1 Å². The molecule has 92 valence electrons. The summed E-state index contributed by atoms with van der Waals surface area (Å²) < 4.78 is 0. The van der Waals surface area contributed by atoms with Crippen molar-refractivity contribution >= 4 is 17.7 Å². The molecule has 1 unspecified atom stereocenters. The van der Waals surface area contributed by atoms with Crippen LogP contribution in [0.25, 0.3) is 0 Å². The fourth-order valence-corrected chi connectivity index (χ4v) is 2.86. The van der Waals surface area contributed by atoms with Crippen LogP contribution in [0.5, 0.6) is 11.5 Å². The standard InChI is InChI=1S/C12H15NO3S/c1-8-7-13(4-5-17-8)12(16)9-2-3-10(14)11(15)6-9/h2-3,6,8,14-15H,4-5,7H2,1H3. The normalized spacial score (nSPS) is 20.3. The minimum atomic E-state index is -0.254. The average molecular weight is 253 g/mol. The number of carbonyl (C=O) groups excluding carboxylic acids is 1. The second kappa shape index (κ2) is 4.87. The molecule has 4 nitrogen and oxygen atoms in total. The van der Waals surface area contributed by atoms with Gasteiger partial charge in [-0.3, -0.25) is 4.79 Å². The zero-order valence-electron chi connectivity index (χ0n) is 9.59. The van der Waals surface area contributed by atoms with Crippen LogP contribution in [0.4, 0.5) is 0 Å². The quantitative estimate of drug-likeness (QED) is 0.747. The molecule has 0 spiro atoms. The second-order valence-corrected chi connectivity index (χ2v) is 5.68. The van der Waals surface area contributed by atoms with E-state index in [-0.39, 0.29) is 17.4 Å². The van der Waals surface area contributed by atoms with Crippen LogP contribution in [0.1, 0.15) is 17.3 Å². The molecule has 1 heterocycles. The number of thioether (sulfide) groups is 1. The first kappa shape index (κ1) is 12.1. The summed E-state index contributed by atoms with van der Waals surface area (Å²) in [5, 5.41) is 19.0. The number of nitrogens with zero attached hydrogens (tertiary/aromatic N) is 1. The highest BCUT2D eigenvalue weighted by Gasteiger charge is 2.22. The summed E-state index contributed by atoms with van der Waals surface area (Å²) in [6.45, 7) is 3.55. The van der Waals surface area contributed by atoms with E-state index in [1.165, 1.54) is 18.2 Å². The predicted molar refractivity (Wildman–Crippen MR) is 67.6 cm³/mol. The van der Waals surface area contributed by atoms with E-state index in [2.05, 4.69) is 6.92 Å².